The zero-order valence-corrected chi connectivity index (χ0v) is 10.9. The Hall–Kier alpha value is -2.42. The van der Waals surface area contributed by atoms with Crippen molar-refractivity contribution in [2.75, 3.05) is 5.32 Å². The highest BCUT2D eigenvalue weighted by Crippen LogP contribution is 2.17. The van der Waals surface area contributed by atoms with Gasteiger partial charge in [-0.05, 0) is 37.6 Å². The third-order valence-corrected chi connectivity index (χ3v) is 2.94. The molecule has 0 fully saturated rings. The summed E-state index contributed by atoms with van der Waals surface area (Å²) in [5.74, 6) is -0.271. The lowest BCUT2D eigenvalue weighted by Crippen LogP contribution is -2.15. The van der Waals surface area contributed by atoms with E-state index in [1.165, 1.54) is 6.92 Å². The van der Waals surface area contributed by atoms with Crippen LogP contribution >= 0.6 is 0 Å². The van der Waals surface area contributed by atoms with Crippen molar-refractivity contribution in [3.8, 4) is 0 Å². The predicted octanol–water partition coefficient (Wildman–Crippen LogP) is 3.45. The molecule has 0 aliphatic carbocycles. The van der Waals surface area contributed by atoms with Crippen LogP contribution in [-0.4, -0.2) is 11.7 Å². The number of carbonyl (C=O) groups excluding carboxylic acids is 2. The summed E-state index contributed by atoms with van der Waals surface area (Å²) in [5.41, 5.74) is 2.58. The molecule has 2 aromatic carbocycles. The van der Waals surface area contributed by atoms with Crippen molar-refractivity contribution in [2.45, 2.75) is 13.8 Å². The molecule has 0 aliphatic heterocycles. The van der Waals surface area contributed by atoms with Crippen molar-refractivity contribution in [1.82, 2.24) is 0 Å². The summed E-state index contributed by atoms with van der Waals surface area (Å²) < 4.78 is 0. The second-order valence-electron chi connectivity index (χ2n) is 4.37. The van der Waals surface area contributed by atoms with Crippen LogP contribution in [0.15, 0.2) is 48.5 Å². The van der Waals surface area contributed by atoms with Gasteiger partial charge < -0.3 is 5.32 Å². The first-order valence-corrected chi connectivity index (χ1v) is 6.06. The van der Waals surface area contributed by atoms with Crippen LogP contribution < -0.4 is 5.32 Å². The first kappa shape index (κ1) is 13.0. The van der Waals surface area contributed by atoms with Crippen LogP contribution in [0.3, 0.4) is 0 Å². The van der Waals surface area contributed by atoms with E-state index in [1.54, 1.807) is 30.3 Å². The molecule has 2 aromatic rings. The number of aryl methyl sites for hydroxylation is 1. The maximum absolute atomic E-state index is 12.2. The molecule has 0 saturated heterocycles. The van der Waals surface area contributed by atoms with E-state index in [4.69, 9.17) is 0 Å². The number of ketones is 1. The smallest absolute Gasteiger partial charge is 0.255 e. The number of amides is 1. The SMILES string of the molecule is CC(=O)c1ccccc1NC(=O)c1ccccc1C. The van der Waals surface area contributed by atoms with Crippen LogP contribution in [0.1, 0.15) is 33.2 Å². The number of Topliss-reactive ketones (excluding diaryl/α,β-unsaturated/α-hetero) is 1. The molecule has 19 heavy (non-hydrogen) atoms. The molecule has 1 amide bonds. The number of benzene rings is 2. The monoisotopic (exact) mass is 253 g/mol. The number of para-hydroxylation sites is 1. The highest BCUT2D eigenvalue weighted by Gasteiger charge is 2.12. The van der Waals surface area contributed by atoms with Gasteiger partial charge in [0.2, 0.25) is 0 Å². The molecular formula is C16H15NO2. The summed E-state index contributed by atoms with van der Waals surface area (Å²) in [4.78, 5) is 23.7. The van der Waals surface area contributed by atoms with E-state index in [9.17, 15) is 9.59 Å². The normalized spacial score (nSPS) is 10.0. The zero-order chi connectivity index (χ0) is 13.8. The highest BCUT2D eigenvalue weighted by atomic mass is 16.1. The highest BCUT2D eigenvalue weighted by molar-refractivity contribution is 6.09. The molecule has 0 radical (unpaired) electrons. The van der Waals surface area contributed by atoms with Gasteiger partial charge in [-0.1, -0.05) is 30.3 Å². The zero-order valence-electron chi connectivity index (χ0n) is 10.9. The maximum atomic E-state index is 12.2. The molecule has 3 nitrogen and oxygen atoms in total. The Morgan fingerprint density at radius 2 is 1.47 bits per heavy atom. The topological polar surface area (TPSA) is 46.2 Å². The van der Waals surface area contributed by atoms with Crippen LogP contribution in [0.5, 0.6) is 0 Å². The van der Waals surface area contributed by atoms with E-state index in [-0.39, 0.29) is 11.7 Å². The number of rotatable bonds is 3. The van der Waals surface area contributed by atoms with Crippen molar-refractivity contribution in [2.24, 2.45) is 0 Å². The summed E-state index contributed by atoms with van der Waals surface area (Å²) in [7, 11) is 0. The van der Waals surface area contributed by atoms with E-state index in [1.807, 2.05) is 25.1 Å². The fraction of sp³-hybridized carbons (Fsp3) is 0.125. The summed E-state index contributed by atoms with van der Waals surface area (Å²) >= 11 is 0. The molecule has 1 N–H and O–H groups in total. The van der Waals surface area contributed by atoms with Crippen molar-refractivity contribution >= 4 is 17.4 Å². The van der Waals surface area contributed by atoms with Crippen LogP contribution in [0.2, 0.25) is 0 Å². The molecule has 0 bridgehead atoms. The number of hydrogen-bond acceptors (Lipinski definition) is 2. The first-order chi connectivity index (χ1) is 9.09. The third-order valence-electron chi connectivity index (χ3n) is 2.94. The summed E-state index contributed by atoms with van der Waals surface area (Å²) in [5, 5.41) is 2.79. The van der Waals surface area contributed by atoms with Gasteiger partial charge in [-0.25, -0.2) is 0 Å². The number of carbonyl (C=O) groups is 2. The molecule has 0 spiro atoms. The molecule has 2 rings (SSSR count). The van der Waals surface area contributed by atoms with Gasteiger partial charge >= 0.3 is 0 Å². The lowest BCUT2D eigenvalue weighted by Gasteiger charge is -2.10. The van der Waals surface area contributed by atoms with E-state index in [0.717, 1.165) is 5.56 Å². The van der Waals surface area contributed by atoms with Crippen LogP contribution in [-0.2, 0) is 0 Å². The minimum atomic E-state index is -0.202. The Morgan fingerprint density at radius 3 is 2.11 bits per heavy atom. The molecule has 3 heteroatoms. The number of nitrogens with one attached hydrogen (secondary N) is 1. The summed E-state index contributed by atoms with van der Waals surface area (Å²) in [6.45, 7) is 3.37. The molecule has 0 atom stereocenters. The molecule has 0 aliphatic rings. The van der Waals surface area contributed by atoms with Gasteiger partial charge in [0.1, 0.15) is 0 Å². The predicted molar refractivity (Wildman–Crippen MR) is 75.6 cm³/mol. The Kier molecular flexibility index (Phi) is 3.76. The standard InChI is InChI=1S/C16H15NO2/c1-11-7-3-4-8-13(11)16(19)17-15-10-6-5-9-14(15)12(2)18/h3-10H,1-2H3,(H,17,19). The van der Waals surface area contributed by atoms with E-state index < -0.39 is 0 Å². The van der Waals surface area contributed by atoms with Gasteiger partial charge in [0.25, 0.3) is 5.91 Å². The fourth-order valence-corrected chi connectivity index (χ4v) is 1.92. The van der Waals surface area contributed by atoms with Gasteiger partial charge in [0, 0.05) is 11.1 Å². The summed E-state index contributed by atoms with van der Waals surface area (Å²) in [6, 6.07) is 14.4. The minimum Gasteiger partial charge on any atom is -0.321 e. The van der Waals surface area contributed by atoms with Crippen LogP contribution in [0.4, 0.5) is 5.69 Å². The molecule has 0 saturated carbocycles. The first-order valence-electron chi connectivity index (χ1n) is 6.06. The van der Waals surface area contributed by atoms with Crippen LogP contribution in [0.25, 0.3) is 0 Å². The van der Waals surface area contributed by atoms with Crippen molar-refractivity contribution in [3.05, 3.63) is 65.2 Å². The minimum absolute atomic E-state index is 0.0688. The van der Waals surface area contributed by atoms with Gasteiger partial charge in [0.15, 0.2) is 5.78 Å². The Bertz CT molecular complexity index is 632. The average molecular weight is 253 g/mol. The quantitative estimate of drug-likeness (QED) is 0.851. The van der Waals surface area contributed by atoms with E-state index in [2.05, 4.69) is 5.32 Å². The fourth-order valence-electron chi connectivity index (χ4n) is 1.92. The van der Waals surface area contributed by atoms with Gasteiger partial charge in [-0.3, -0.25) is 9.59 Å². The largest absolute Gasteiger partial charge is 0.321 e. The van der Waals surface area contributed by atoms with Gasteiger partial charge in [-0.15, -0.1) is 0 Å². The van der Waals surface area contributed by atoms with Crippen molar-refractivity contribution in [1.29, 1.82) is 0 Å². The Labute approximate surface area is 112 Å². The molecule has 0 aromatic heterocycles. The second-order valence-corrected chi connectivity index (χ2v) is 4.37. The van der Waals surface area contributed by atoms with E-state index >= 15 is 0 Å². The average Bonchev–Trinajstić information content (AvgIpc) is 2.39. The lowest BCUT2D eigenvalue weighted by molar-refractivity contribution is 0.101. The van der Waals surface area contributed by atoms with Crippen LogP contribution in [0, 0.1) is 6.92 Å². The summed E-state index contributed by atoms with van der Waals surface area (Å²) in [6.07, 6.45) is 0. The molecular weight excluding hydrogens is 238 g/mol. The molecule has 0 heterocycles. The van der Waals surface area contributed by atoms with E-state index in [0.29, 0.717) is 16.8 Å². The Morgan fingerprint density at radius 1 is 0.895 bits per heavy atom. The van der Waals surface area contributed by atoms with Crippen molar-refractivity contribution in [3.63, 3.8) is 0 Å². The van der Waals surface area contributed by atoms with Gasteiger partial charge in [-0.2, -0.15) is 0 Å². The second kappa shape index (κ2) is 5.48. The number of anilines is 1. The van der Waals surface area contributed by atoms with Crippen molar-refractivity contribution < 1.29 is 9.59 Å². The number of hydrogen-bond donors (Lipinski definition) is 1. The van der Waals surface area contributed by atoms with Gasteiger partial charge in [0.05, 0.1) is 5.69 Å². The Balaban J connectivity index is 2.30. The molecule has 0 unspecified atom stereocenters. The molecule has 96 valence electrons. The third kappa shape index (κ3) is 2.88. The lowest BCUT2D eigenvalue weighted by atomic mass is 10.1. The maximum Gasteiger partial charge on any atom is 0.255 e.